The second-order valence-electron chi connectivity index (χ2n) is 6.23. The van der Waals surface area contributed by atoms with Crippen molar-refractivity contribution < 1.29 is 19.4 Å². The molecule has 0 radical (unpaired) electrons. The monoisotopic (exact) mass is 319 g/mol. The Hall–Kier alpha value is -2.04. The van der Waals surface area contributed by atoms with Crippen molar-refractivity contribution >= 4 is 11.9 Å². The molecule has 2 rings (SSSR count). The van der Waals surface area contributed by atoms with E-state index in [1.807, 2.05) is 31.2 Å². The highest BCUT2D eigenvalue weighted by Crippen LogP contribution is 2.28. The van der Waals surface area contributed by atoms with Crippen LogP contribution in [0.25, 0.3) is 0 Å². The van der Waals surface area contributed by atoms with Crippen molar-refractivity contribution in [1.82, 2.24) is 4.90 Å². The summed E-state index contributed by atoms with van der Waals surface area (Å²) in [7, 11) is 0. The van der Waals surface area contributed by atoms with Crippen molar-refractivity contribution in [3.63, 3.8) is 0 Å². The van der Waals surface area contributed by atoms with Crippen LogP contribution in [0.1, 0.15) is 38.2 Å². The number of rotatable bonds is 9. The molecule has 23 heavy (non-hydrogen) atoms. The Labute approximate surface area is 137 Å². The summed E-state index contributed by atoms with van der Waals surface area (Å²) in [6.45, 7) is 4.43. The molecule has 1 aliphatic rings. The van der Waals surface area contributed by atoms with E-state index in [0.29, 0.717) is 26.0 Å². The number of nitrogens with zero attached hydrogens (tertiary/aromatic N) is 1. The van der Waals surface area contributed by atoms with Gasteiger partial charge in [-0.3, -0.25) is 9.59 Å². The first kappa shape index (κ1) is 17.3. The van der Waals surface area contributed by atoms with Gasteiger partial charge in [0.25, 0.3) is 0 Å². The maximum Gasteiger partial charge on any atom is 0.308 e. The standard InChI is InChI=1S/C18H25NO4/c1-13-6-3-4-7-16(13)23-11-5-8-17(20)19(15-9-10-15)12-14(2)18(21)22/h3-4,6-7,14-15H,5,8-12H2,1-2H3,(H,21,22). The zero-order valence-electron chi connectivity index (χ0n) is 13.8. The highest BCUT2D eigenvalue weighted by Gasteiger charge is 2.34. The van der Waals surface area contributed by atoms with Crippen LogP contribution in [0.5, 0.6) is 5.75 Å². The van der Waals surface area contributed by atoms with Gasteiger partial charge in [0, 0.05) is 19.0 Å². The molecular weight excluding hydrogens is 294 g/mol. The zero-order valence-corrected chi connectivity index (χ0v) is 13.8. The van der Waals surface area contributed by atoms with E-state index in [-0.39, 0.29) is 11.9 Å². The van der Waals surface area contributed by atoms with E-state index in [2.05, 4.69) is 0 Å². The lowest BCUT2D eigenvalue weighted by molar-refractivity contribution is -0.143. The van der Waals surface area contributed by atoms with Crippen LogP contribution < -0.4 is 4.74 Å². The van der Waals surface area contributed by atoms with E-state index >= 15 is 0 Å². The Morgan fingerprint density at radius 2 is 2.04 bits per heavy atom. The fourth-order valence-electron chi connectivity index (χ4n) is 2.48. The highest BCUT2D eigenvalue weighted by molar-refractivity contribution is 5.78. The average Bonchev–Trinajstić information content (AvgIpc) is 3.34. The Bertz CT molecular complexity index is 554. The smallest absolute Gasteiger partial charge is 0.308 e. The third-order valence-electron chi connectivity index (χ3n) is 4.09. The zero-order chi connectivity index (χ0) is 16.8. The maximum absolute atomic E-state index is 12.3. The van der Waals surface area contributed by atoms with Gasteiger partial charge in [-0.15, -0.1) is 0 Å². The normalized spacial score (nSPS) is 15.0. The molecule has 5 nitrogen and oxygen atoms in total. The molecule has 1 amide bonds. The first-order chi connectivity index (χ1) is 11.0. The number of carboxylic acids is 1. The van der Waals surface area contributed by atoms with Crippen LogP contribution in [-0.4, -0.2) is 41.1 Å². The van der Waals surface area contributed by atoms with Gasteiger partial charge in [0.1, 0.15) is 5.75 Å². The number of hydrogen-bond acceptors (Lipinski definition) is 3. The first-order valence-corrected chi connectivity index (χ1v) is 8.19. The van der Waals surface area contributed by atoms with Crippen LogP contribution in [0.15, 0.2) is 24.3 Å². The van der Waals surface area contributed by atoms with Crippen molar-refractivity contribution in [3.8, 4) is 5.75 Å². The minimum Gasteiger partial charge on any atom is -0.493 e. The summed E-state index contributed by atoms with van der Waals surface area (Å²) >= 11 is 0. The molecule has 0 spiro atoms. The summed E-state index contributed by atoms with van der Waals surface area (Å²) in [5, 5.41) is 9.02. The van der Waals surface area contributed by atoms with Gasteiger partial charge in [0.15, 0.2) is 0 Å². The Morgan fingerprint density at radius 3 is 2.65 bits per heavy atom. The minimum absolute atomic E-state index is 0.0361. The Kier molecular flexibility index (Phi) is 6.02. The Balaban J connectivity index is 1.76. The van der Waals surface area contributed by atoms with Gasteiger partial charge in [-0.1, -0.05) is 25.1 Å². The van der Waals surface area contributed by atoms with Gasteiger partial charge in [-0.2, -0.15) is 0 Å². The summed E-state index contributed by atoms with van der Waals surface area (Å²) in [5.41, 5.74) is 1.08. The van der Waals surface area contributed by atoms with Gasteiger partial charge in [-0.05, 0) is 37.8 Å². The van der Waals surface area contributed by atoms with E-state index < -0.39 is 11.9 Å². The fraction of sp³-hybridized carbons (Fsp3) is 0.556. The van der Waals surface area contributed by atoms with Crippen LogP contribution in [-0.2, 0) is 9.59 Å². The molecule has 0 aromatic heterocycles. The number of carboxylic acid groups (broad SMARTS) is 1. The van der Waals surface area contributed by atoms with E-state index in [1.165, 1.54) is 0 Å². The molecule has 0 saturated heterocycles. The third-order valence-corrected chi connectivity index (χ3v) is 4.09. The Morgan fingerprint density at radius 1 is 1.35 bits per heavy atom. The number of benzene rings is 1. The highest BCUT2D eigenvalue weighted by atomic mass is 16.5. The minimum atomic E-state index is -0.855. The molecule has 0 heterocycles. The molecule has 0 aliphatic heterocycles. The second-order valence-corrected chi connectivity index (χ2v) is 6.23. The summed E-state index contributed by atoms with van der Waals surface area (Å²) in [5.74, 6) is -0.499. The molecule has 126 valence electrons. The SMILES string of the molecule is Cc1ccccc1OCCCC(=O)N(CC(C)C(=O)O)C1CC1. The van der Waals surface area contributed by atoms with Crippen LogP contribution in [0.2, 0.25) is 0 Å². The average molecular weight is 319 g/mol. The van der Waals surface area contributed by atoms with Crippen molar-refractivity contribution in [2.45, 2.75) is 45.6 Å². The van der Waals surface area contributed by atoms with Crippen LogP contribution in [0.4, 0.5) is 0 Å². The van der Waals surface area contributed by atoms with E-state index in [4.69, 9.17) is 9.84 Å². The van der Waals surface area contributed by atoms with Gasteiger partial charge < -0.3 is 14.7 Å². The quantitative estimate of drug-likeness (QED) is 0.711. The molecule has 1 atom stereocenters. The molecule has 1 saturated carbocycles. The summed E-state index contributed by atoms with van der Waals surface area (Å²) in [4.78, 5) is 25.1. The lowest BCUT2D eigenvalue weighted by atomic mass is 10.1. The molecule has 1 unspecified atom stereocenters. The number of amides is 1. The van der Waals surface area contributed by atoms with Gasteiger partial charge in [-0.25, -0.2) is 0 Å². The molecule has 0 bridgehead atoms. The fourth-order valence-corrected chi connectivity index (χ4v) is 2.48. The second kappa shape index (κ2) is 7.99. The van der Waals surface area contributed by atoms with E-state index in [0.717, 1.165) is 24.2 Å². The largest absolute Gasteiger partial charge is 0.493 e. The summed E-state index contributed by atoms with van der Waals surface area (Å²) in [6.07, 6.45) is 3.00. The number of aryl methyl sites for hydroxylation is 1. The maximum atomic E-state index is 12.3. The number of para-hydroxylation sites is 1. The van der Waals surface area contributed by atoms with Crippen LogP contribution in [0.3, 0.4) is 0 Å². The number of hydrogen-bond donors (Lipinski definition) is 1. The predicted octanol–water partition coefficient (Wildman–Crippen LogP) is 2.87. The number of ether oxygens (including phenoxy) is 1. The molecule has 1 aliphatic carbocycles. The van der Waals surface area contributed by atoms with Gasteiger partial charge in [0.2, 0.25) is 5.91 Å². The van der Waals surface area contributed by atoms with E-state index in [9.17, 15) is 9.59 Å². The van der Waals surface area contributed by atoms with Crippen molar-refractivity contribution in [2.24, 2.45) is 5.92 Å². The predicted molar refractivity (Wildman–Crippen MR) is 87.4 cm³/mol. The van der Waals surface area contributed by atoms with Crippen LogP contribution >= 0.6 is 0 Å². The van der Waals surface area contributed by atoms with Gasteiger partial charge >= 0.3 is 5.97 Å². The van der Waals surface area contributed by atoms with Crippen LogP contribution in [0, 0.1) is 12.8 Å². The molecule has 1 aromatic rings. The first-order valence-electron chi connectivity index (χ1n) is 8.19. The molecule has 1 N–H and O–H groups in total. The summed E-state index contributed by atoms with van der Waals surface area (Å²) < 4.78 is 5.70. The number of carbonyl (C=O) groups is 2. The topological polar surface area (TPSA) is 66.8 Å². The number of carbonyl (C=O) groups excluding carboxylic acids is 1. The van der Waals surface area contributed by atoms with Crippen molar-refractivity contribution in [1.29, 1.82) is 0 Å². The lowest BCUT2D eigenvalue weighted by Gasteiger charge is -2.24. The number of aliphatic carboxylic acids is 1. The third kappa shape index (κ3) is 5.27. The molecule has 1 fully saturated rings. The molecule has 1 aromatic carbocycles. The molecule has 5 heteroatoms. The van der Waals surface area contributed by atoms with Gasteiger partial charge in [0.05, 0.1) is 12.5 Å². The van der Waals surface area contributed by atoms with Crippen molar-refractivity contribution in [2.75, 3.05) is 13.2 Å². The summed E-state index contributed by atoms with van der Waals surface area (Å²) in [6, 6.07) is 8.03. The molecular formula is C18H25NO4. The van der Waals surface area contributed by atoms with E-state index in [1.54, 1.807) is 11.8 Å². The van der Waals surface area contributed by atoms with Crippen molar-refractivity contribution in [3.05, 3.63) is 29.8 Å². The lowest BCUT2D eigenvalue weighted by Crippen LogP contribution is -2.38.